The van der Waals surface area contributed by atoms with Crippen molar-refractivity contribution in [3.05, 3.63) is 53.2 Å². The lowest BCUT2D eigenvalue weighted by Crippen LogP contribution is -2.31. The lowest BCUT2D eigenvalue weighted by atomic mass is 10.2. The number of H-pyrrole nitrogens is 1. The summed E-state index contributed by atoms with van der Waals surface area (Å²) in [7, 11) is -3.74. The van der Waals surface area contributed by atoms with Crippen LogP contribution in [0.15, 0.2) is 47.4 Å². The highest BCUT2D eigenvalue weighted by Crippen LogP contribution is 2.27. The van der Waals surface area contributed by atoms with Gasteiger partial charge >= 0.3 is 5.97 Å². The second kappa shape index (κ2) is 9.68. The number of carbonyl (C=O) groups is 2. The predicted octanol–water partition coefficient (Wildman–Crippen LogP) is 3.43. The molecule has 9 nitrogen and oxygen atoms in total. The molecule has 2 N–H and O–H groups in total. The molecule has 0 bridgehead atoms. The lowest BCUT2D eigenvalue weighted by Gasteiger charge is -2.19. The van der Waals surface area contributed by atoms with E-state index in [9.17, 15) is 18.0 Å². The molecule has 1 aromatic heterocycles. The van der Waals surface area contributed by atoms with E-state index < -0.39 is 28.0 Å². The number of carbonyl (C=O) groups excluding carboxylic acids is 2. The number of ether oxygens (including phenoxy) is 1. The Hall–Kier alpha value is -2.95. The third-order valence-electron chi connectivity index (χ3n) is 4.86. The number of aromatic amines is 1. The maximum Gasteiger partial charge on any atom is 0.360 e. The Bertz CT molecular complexity index is 1250. The van der Waals surface area contributed by atoms with Crippen LogP contribution in [-0.2, 0) is 19.6 Å². The molecule has 11 heteroatoms. The van der Waals surface area contributed by atoms with Crippen LogP contribution in [0.25, 0.3) is 10.9 Å². The van der Waals surface area contributed by atoms with Crippen molar-refractivity contribution in [2.24, 2.45) is 0 Å². The molecule has 0 spiro atoms. The van der Waals surface area contributed by atoms with Gasteiger partial charge in [0.2, 0.25) is 10.0 Å². The van der Waals surface area contributed by atoms with Crippen molar-refractivity contribution < 1.29 is 22.7 Å². The predicted molar refractivity (Wildman–Crippen MR) is 121 cm³/mol. The highest BCUT2D eigenvalue weighted by molar-refractivity contribution is 7.89. The molecule has 1 unspecified atom stereocenters. The minimum atomic E-state index is -3.74. The molecule has 170 valence electrons. The van der Waals surface area contributed by atoms with Gasteiger partial charge < -0.3 is 10.1 Å². The fourth-order valence-electron chi connectivity index (χ4n) is 3.10. The summed E-state index contributed by atoms with van der Waals surface area (Å²) < 4.78 is 32.0. The maximum atomic E-state index is 12.8. The molecule has 2 aromatic carbocycles. The van der Waals surface area contributed by atoms with Crippen molar-refractivity contribution in [3.8, 4) is 0 Å². The molecule has 0 radical (unpaired) electrons. The van der Waals surface area contributed by atoms with Gasteiger partial charge in [-0.25, -0.2) is 13.2 Å². The van der Waals surface area contributed by atoms with Gasteiger partial charge in [-0.05, 0) is 31.2 Å². The van der Waals surface area contributed by atoms with Gasteiger partial charge in [-0.2, -0.15) is 9.40 Å². The van der Waals surface area contributed by atoms with Crippen molar-refractivity contribution in [2.45, 2.75) is 31.8 Å². The Morgan fingerprint density at radius 2 is 1.88 bits per heavy atom. The Morgan fingerprint density at radius 3 is 2.56 bits per heavy atom. The molecule has 0 aliphatic rings. The number of hydrogen-bond acceptors (Lipinski definition) is 6. The number of nitrogens with zero attached hydrogens (tertiary/aromatic N) is 2. The summed E-state index contributed by atoms with van der Waals surface area (Å²) in [6.45, 7) is 5.47. The van der Waals surface area contributed by atoms with Crippen molar-refractivity contribution >= 4 is 50.1 Å². The molecular weight excluding hydrogens is 456 g/mol. The Balaban J connectivity index is 1.75. The number of fused-ring (bicyclic) bond motifs is 1. The smallest absolute Gasteiger partial charge is 0.360 e. The van der Waals surface area contributed by atoms with E-state index in [1.165, 1.54) is 29.4 Å². The third kappa shape index (κ3) is 4.77. The maximum absolute atomic E-state index is 12.8. The Kier molecular flexibility index (Phi) is 7.17. The number of hydrogen-bond donors (Lipinski definition) is 2. The zero-order valence-corrected chi connectivity index (χ0v) is 19.3. The minimum Gasteiger partial charge on any atom is -0.448 e. The van der Waals surface area contributed by atoms with Gasteiger partial charge in [0.1, 0.15) is 0 Å². The lowest BCUT2D eigenvalue weighted by molar-refractivity contribution is -0.123. The van der Waals surface area contributed by atoms with Gasteiger partial charge in [0.15, 0.2) is 11.8 Å². The monoisotopic (exact) mass is 478 g/mol. The fraction of sp³-hybridized carbons (Fsp3) is 0.286. The summed E-state index contributed by atoms with van der Waals surface area (Å²) in [5, 5.41) is 9.93. The van der Waals surface area contributed by atoms with E-state index >= 15 is 0 Å². The molecule has 1 amide bonds. The number of sulfonamides is 1. The number of nitrogens with one attached hydrogen (secondary N) is 2. The van der Waals surface area contributed by atoms with Crippen molar-refractivity contribution in [1.29, 1.82) is 0 Å². The van der Waals surface area contributed by atoms with E-state index in [4.69, 9.17) is 16.3 Å². The fourth-order valence-corrected chi connectivity index (χ4v) is 4.75. The van der Waals surface area contributed by atoms with E-state index in [2.05, 4.69) is 15.5 Å². The van der Waals surface area contributed by atoms with E-state index in [0.29, 0.717) is 24.0 Å². The first-order chi connectivity index (χ1) is 15.2. The van der Waals surface area contributed by atoms with Gasteiger partial charge in [-0.3, -0.25) is 9.89 Å². The van der Waals surface area contributed by atoms with Gasteiger partial charge in [0, 0.05) is 18.5 Å². The summed E-state index contributed by atoms with van der Waals surface area (Å²) >= 11 is 6.15. The van der Waals surface area contributed by atoms with Gasteiger partial charge in [0.05, 0.1) is 21.1 Å². The van der Waals surface area contributed by atoms with Crippen LogP contribution in [-0.4, -0.2) is 54.0 Å². The molecule has 3 aromatic rings. The van der Waals surface area contributed by atoms with Crippen LogP contribution in [0.3, 0.4) is 0 Å². The van der Waals surface area contributed by atoms with Crippen LogP contribution in [0.5, 0.6) is 0 Å². The molecule has 0 aliphatic carbocycles. The average molecular weight is 479 g/mol. The molecule has 1 atom stereocenters. The van der Waals surface area contributed by atoms with Gasteiger partial charge in [0.25, 0.3) is 5.91 Å². The van der Waals surface area contributed by atoms with Crippen LogP contribution >= 0.6 is 11.6 Å². The van der Waals surface area contributed by atoms with Crippen LogP contribution in [0, 0.1) is 0 Å². The summed E-state index contributed by atoms with van der Waals surface area (Å²) in [6.07, 6.45) is -1.18. The van der Waals surface area contributed by atoms with E-state index in [1.54, 1.807) is 38.1 Å². The highest BCUT2D eigenvalue weighted by atomic mass is 35.5. The normalized spacial score (nSPS) is 12.7. The van der Waals surface area contributed by atoms with Crippen LogP contribution < -0.4 is 5.32 Å². The highest BCUT2D eigenvalue weighted by Gasteiger charge is 2.25. The molecule has 3 rings (SSSR count). The summed E-state index contributed by atoms with van der Waals surface area (Å²) in [5.41, 5.74) is 0.818. The number of benzene rings is 2. The van der Waals surface area contributed by atoms with Crippen LogP contribution in [0.2, 0.25) is 5.02 Å². The summed E-state index contributed by atoms with van der Waals surface area (Å²) in [6, 6.07) is 11.1. The Morgan fingerprint density at radius 1 is 1.19 bits per heavy atom. The standard InChI is InChI=1S/C21H23ClN4O5S/c1-4-26(5-2)32(29,30)14-10-11-16(22)18(12-14)23-20(27)13(3)31-21(28)19-15-8-6-7-9-17(15)24-25-19/h6-13H,4-5H2,1-3H3,(H,23,27)(H,24,25). The third-order valence-corrected chi connectivity index (χ3v) is 7.23. The van der Waals surface area contributed by atoms with E-state index in [0.717, 1.165) is 0 Å². The molecule has 0 aliphatic heterocycles. The average Bonchev–Trinajstić information content (AvgIpc) is 3.20. The number of para-hydroxylation sites is 1. The minimum absolute atomic E-state index is 0.00598. The number of halogens is 1. The molecule has 0 saturated heterocycles. The topological polar surface area (TPSA) is 121 Å². The van der Waals surface area contributed by atoms with Gasteiger partial charge in [-0.15, -0.1) is 0 Å². The van der Waals surface area contributed by atoms with Crippen LogP contribution in [0.1, 0.15) is 31.3 Å². The second-order valence-electron chi connectivity index (χ2n) is 6.89. The Labute approximate surface area is 190 Å². The zero-order valence-electron chi connectivity index (χ0n) is 17.8. The largest absolute Gasteiger partial charge is 0.448 e. The number of anilines is 1. The first-order valence-electron chi connectivity index (χ1n) is 9.93. The summed E-state index contributed by atoms with van der Waals surface area (Å²) in [4.78, 5) is 25.1. The number of esters is 1. The van der Waals surface area contributed by atoms with Gasteiger partial charge in [-0.1, -0.05) is 43.6 Å². The van der Waals surface area contributed by atoms with Crippen LogP contribution in [0.4, 0.5) is 5.69 Å². The SMILES string of the molecule is CCN(CC)S(=O)(=O)c1ccc(Cl)c(NC(=O)C(C)OC(=O)c2n[nH]c3ccccc23)c1. The van der Waals surface area contributed by atoms with E-state index in [1.807, 2.05) is 0 Å². The first-order valence-corrected chi connectivity index (χ1v) is 11.8. The number of rotatable bonds is 8. The first kappa shape index (κ1) is 23.7. The van der Waals surface area contributed by atoms with Crippen molar-refractivity contribution in [1.82, 2.24) is 14.5 Å². The molecular formula is C21H23ClN4O5S. The second-order valence-corrected chi connectivity index (χ2v) is 9.23. The quantitative estimate of drug-likeness (QED) is 0.478. The van der Waals surface area contributed by atoms with Crippen molar-refractivity contribution in [3.63, 3.8) is 0 Å². The van der Waals surface area contributed by atoms with Crippen molar-refractivity contribution in [2.75, 3.05) is 18.4 Å². The summed E-state index contributed by atoms with van der Waals surface area (Å²) in [5.74, 6) is -1.44. The van der Waals surface area contributed by atoms with E-state index in [-0.39, 0.29) is 21.3 Å². The number of aromatic nitrogens is 2. The molecule has 1 heterocycles. The number of amides is 1. The zero-order chi connectivity index (χ0) is 23.5. The molecule has 32 heavy (non-hydrogen) atoms. The molecule has 0 fully saturated rings. The molecule has 0 saturated carbocycles.